The molecular weight excluding hydrogens is 424 g/mol. The molecule has 1 saturated carbocycles. The SMILES string of the molecule is O=[N+]([O-])c1ccc(-c2ccc([C@@H]3[C@@H](c4ccccn4)NC(=S)N3C3CCCCC3)o2)cc1. The number of nitro groups is 1. The molecule has 2 atom stereocenters. The van der Waals surface area contributed by atoms with Crippen molar-refractivity contribution in [1.82, 2.24) is 15.2 Å². The minimum Gasteiger partial charge on any atom is -0.459 e. The van der Waals surface area contributed by atoms with Crippen LogP contribution in [0.25, 0.3) is 11.3 Å². The van der Waals surface area contributed by atoms with Gasteiger partial charge in [-0.2, -0.15) is 0 Å². The van der Waals surface area contributed by atoms with Gasteiger partial charge in [-0.05, 0) is 61.5 Å². The zero-order valence-corrected chi connectivity index (χ0v) is 18.3. The third-order valence-electron chi connectivity index (χ3n) is 6.38. The second-order valence-corrected chi connectivity index (χ2v) is 8.72. The van der Waals surface area contributed by atoms with E-state index in [1.807, 2.05) is 30.3 Å². The van der Waals surface area contributed by atoms with Crippen molar-refractivity contribution in [2.24, 2.45) is 0 Å². The Hall–Kier alpha value is -3.26. The van der Waals surface area contributed by atoms with Crippen molar-refractivity contribution in [2.45, 2.75) is 50.2 Å². The Labute approximate surface area is 191 Å². The zero-order valence-electron chi connectivity index (χ0n) is 17.5. The van der Waals surface area contributed by atoms with E-state index in [1.54, 1.807) is 18.3 Å². The van der Waals surface area contributed by atoms with E-state index in [0.717, 1.165) is 35.0 Å². The lowest BCUT2D eigenvalue weighted by molar-refractivity contribution is -0.384. The van der Waals surface area contributed by atoms with E-state index in [2.05, 4.69) is 15.2 Å². The molecule has 164 valence electrons. The fraction of sp³-hybridized carbons (Fsp3) is 0.333. The highest BCUT2D eigenvalue weighted by Gasteiger charge is 2.44. The number of benzene rings is 1. The number of non-ortho nitro benzene ring substituents is 1. The molecule has 2 aliphatic rings. The van der Waals surface area contributed by atoms with Gasteiger partial charge >= 0.3 is 0 Å². The first-order valence-corrected chi connectivity index (χ1v) is 11.4. The molecule has 0 radical (unpaired) electrons. The molecule has 0 bridgehead atoms. The molecule has 3 aromatic rings. The van der Waals surface area contributed by atoms with Gasteiger partial charge in [0.05, 0.1) is 16.7 Å². The minimum atomic E-state index is -0.401. The van der Waals surface area contributed by atoms with Gasteiger partial charge in [0.1, 0.15) is 17.6 Å². The maximum atomic E-state index is 11.0. The minimum absolute atomic E-state index is 0.0598. The van der Waals surface area contributed by atoms with E-state index in [4.69, 9.17) is 16.6 Å². The molecule has 3 heterocycles. The fourth-order valence-corrected chi connectivity index (χ4v) is 5.23. The lowest BCUT2D eigenvalue weighted by atomic mass is 9.92. The van der Waals surface area contributed by atoms with Crippen molar-refractivity contribution >= 4 is 23.0 Å². The van der Waals surface area contributed by atoms with Gasteiger partial charge < -0.3 is 14.6 Å². The summed E-state index contributed by atoms with van der Waals surface area (Å²) < 4.78 is 6.34. The first-order valence-electron chi connectivity index (χ1n) is 11.0. The van der Waals surface area contributed by atoms with Gasteiger partial charge in [-0.25, -0.2) is 0 Å². The summed E-state index contributed by atoms with van der Waals surface area (Å²) in [6, 6.07) is 16.4. The Morgan fingerprint density at radius 3 is 2.53 bits per heavy atom. The third-order valence-corrected chi connectivity index (χ3v) is 6.71. The van der Waals surface area contributed by atoms with Crippen molar-refractivity contribution in [3.8, 4) is 11.3 Å². The lowest BCUT2D eigenvalue weighted by Gasteiger charge is -2.36. The summed E-state index contributed by atoms with van der Waals surface area (Å²) in [5.74, 6) is 1.49. The molecule has 7 nitrogen and oxygen atoms in total. The molecule has 1 aliphatic heterocycles. The summed E-state index contributed by atoms with van der Waals surface area (Å²) in [6.07, 6.45) is 7.70. The second-order valence-electron chi connectivity index (χ2n) is 8.33. The molecule has 1 saturated heterocycles. The Kier molecular flexibility index (Phi) is 5.61. The number of hydrogen-bond donors (Lipinski definition) is 1. The first kappa shape index (κ1) is 20.6. The van der Waals surface area contributed by atoms with Crippen LogP contribution in [0.1, 0.15) is 55.6 Å². The summed E-state index contributed by atoms with van der Waals surface area (Å²) >= 11 is 5.80. The van der Waals surface area contributed by atoms with E-state index in [1.165, 1.54) is 31.4 Å². The van der Waals surface area contributed by atoms with Gasteiger partial charge in [0.15, 0.2) is 5.11 Å². The number of pyridine rings is 1. The fourth-order valence-electron chi connectivity index (χ4n) is 4.84. The van der Waals surface area contributed by atoms with E-state index in [9.17, 15) is 10.1 Å². The molecule has 32 heavy (non-hydrogen) atoms. The monoisotopic (exact) mass is 448 g/mol. The topological polar surface area (TPSA) is 84.4 Å². The second kappa shape index (κ2) is 8.70. The van der Waals surface area contributed by atoms with E-state index in [-0.39, 0.29) is 17.8 Å². The van der Waals surface area contributed by atoms with Gasteiger partial charge in [-0.3, -0.25) is 15.1 Å². The molecule has 0 spiro atoms. The summed E-state index contributed by atoms with van der Waals surface area (Å²) in [5.41, 5.74) is 1.78. The van der Waals surface area contributed by atoms with Crippen LogP contribution in [0.5, 0.6) is 0 Å². The summed E-state index contributed by atoms with van der Waals surface area (Å²) in [6.45, 7) is 0. The standard InChI is InChI=1S/C24H24N4O3S/c29-28(30)18-11-9-16(10-12-18)20-13-14-21(31-20)23-22(19-8-4-5-15-25-19)26-24(32)27(23)17-6-2-1-3-7-17/h4-5,8-15,17,22-23H,1-3,6-7H2,(H,26,32)/t22-,23-/m1/s1. The van der Waals surface area contributed by atoms with Crippen LogP contribution in [-0.4, -0.2) is 26.0 Å². The molecule has 2 fully saturated rings. The van der Waals surface area contributed by atoms with Crippen LogP contribution in [0.4, 0.5) is 5.69 Å². The van der Waals surface area contributed by atoms with Gasteiger partial charge in [-0.1, -0.05) is 25.3 Å². The normalized spacial score (nSPS) is 21.5. The maximum absolute atomic E-state index is 11.0. The van der Waals surface area contributed by atoms with Crippen LogP contribution < -0.4 is 5.32 Å². The third kappa shape index (κ3) is 3.86. The highest BCUT2D eigenvalue weighted by atomic mass is 32.1. The van der Waals surface area contributed by atoms with Gasteiger partial charge in [0.25, 0.3) is 5.69 Å². The quantitative estimate of drug-likeness (QED) is 0.311. The Bertz CT molecular complexity index is 1110. The molecule has 1 aromatic carbocycles. The molecule has 8 heteroatoms. The van der Waals surface area contributed by atoms with Gasteiger partial charge in [0, 0.05) is 29.9 Å². The van der Waals surface area contributed by atoms with Crippen LogP contribution in [0.2, 0.25) is 0 Å². The number of aromatic nitrogens is 1. The number of furan rings is 1. The van der Waals surface area contributed by atoms with Crippen LogP contribution >= 0.6 is 12.2 Å². The Morgan fingerprint density at radius 2 is 1.84 bits per heavy atom. The molecule has 0 unspecified atom stereocenters. The van der Waals surface area contributed by atoms with Crippen LogP contribution in [0.15, 0.2) is 65.2 Å². The summed E-state index contributed by atoms with van der Waals surface area (Å²) in [4.78, 5) is 17.5. The highest BCUT2D eigenvalue weighted by molar-refractivity contribution is 7.80. The van der Waals surface area contributed by atoms with E-state index < -0.39 is 4.92 Å². The Morgan fingerprint density at radius 1 is 1.06 bits per heavy atom. The number of nitrogens with one attached hydrogen (secondary N) is 1. The summed E-state index contributed by atoms with van der Waals surface area (Å²) in [7, 11) is 0. The van der Waals surface area contributed by atoms with Crippen molar-refractivity contribution < 1.29 is 9.34 Å². The predicted molar refractivity (Wildman–Crippen MR) is 125 cm³/mol. The first-order chi connectivity index (χ1) is 15.6. The molecule has 0 amide bonds. The van der Waals surface area contributed by atoms with Crippen LogP contribution in [0.3, 0.4) is 0 Å². The smallest absolute Gasteiger partial charge is 0.269 e. The van der Waals surface area contributed by atoms with E-state index in [0.29, 0.717) is 11.8 Å². The average Bonchev–Trinajstić information content (AvgIpc) is 3.45. The Balaban J connectivity index is 1.51. The van der Waals surface area contributed by atoms with Crippen LogP contribution in [-0.2, 0) is 0 Å². The van der Waals surface area contributed by atoms with Crippen LogP contribution in [0, 0.1) is 10.1 Å². The van der Waals surface area contributed by atoms with Gasteiger partial charge in [0.2, 0.25) is 0 Å². The lowest BCUT2D eigenvalue weighted by Crippen LogP contribution is -2.40. The molecular formula is C24H24N4O3S. The molecule has 1 N–H and O–H groups in total. The number of nitro benzene ring substituents is 1. The van der Waals surface area contributed by atoms with Crippen molar-refractivity contribution in [1.29, 1.82) is 0 Å². The molecule has 2 aromatic heterocycles. The van der Waals surface area contributed by atoms with Crippen molar-refractivity contribution in [3.63, 3.8) is 0 Å². The molecule has 5 rings (SSSR count). The van der Waals surface area contributed by atoms with E-state index >= 15 is 0 Å². The number of nitrogens with zero attached hydrogens (tertiary/aromatic N) is 3. The number of hydrogen-bond acceptors (Lipinski definition) is 5. The van der Waals surface area contributed by atoms with Gasteiger partial charge in [-0.15, -0.1) is 0 Å². The van der Waals surface area contributed by atoms with Crippen molar-refractivity contribution in [3.05, 3.63) is 82.4 Å². The number of rotatable bonds is 5. The number of thiocarbonyl (C=S) groups is 1. The maximum Gasteiger partial charge on any atom is 0.269 e. The average molecular weight is 449 g/mol. The highest BCUT2D eigenvalue weighted by Crippen LogP contribution is 2.43. The zero-order chi connectivity index (χ0) is 22.1. The largest absolute Gasteiger partial charge is 0.459 e. The predicted octanol–water partition coefficient (Wildman–Crippen LogP) is 5.56. The molecule has 1 aliphatic carbocycles. The summed E-state index contributed by atoms with van der Waals surface area (Å²) in [5, 5.41) is 15.2. The van der Waals surface area contributed by atoms with Crippen molar-refractivity contribution in [2.75, 3.05) is 0 Å².